The Morgan fingerprint density at radius 3 is 2.24 bits per heavy atom. The van der Waals surface area contributed by atoms with Crippen LogP contribution in [0.3, 0.4) is 0 Å². The van der Waals surface area contributed by atoms with Gasteiger partial charge in [-0.2, -0.15) is 0 Å². The van der Waals surface area contributed by atoms with E-state index in [1.807, 2.05) is 31.2 Å². The molecule has 0 saturated carbocycles. The van der Waals surface area contributed by atoms with Gasteiger partial charge in [-0.15, -0.1) is 0 Å². The van der Waals surface area contributed by atoms with E-state index < -0.39 is 21.5 Å². The molecule has 1 unspecified atom stereocenters. The van der Waals surface area contributed by atoms with Crippen LogP contribution in [0.2, 0.25) is 0 Å². The minimum Gasteiger partial charge on any atom is -0.380 e. The highest BCUT2D eigenvalue weighted by Gasteiger charge is 2.17. The van der Waals surface area contributed by atoms with Crippen molar-refractivity contribution in [1.82, 2.24) is 0 Å². The second kappa shape index (κ2) is 8.13. The smallest absolute Gasteiger partial charge is 0.233 e. The van der Waals surface area contributed by atoms with Gasteiger partial charge in [-0.1, -0.05) is 24.3 Å². The lowest BCUT2D eigenvalue weighted by molar-refractivity contribution is -0.115. The van der Waals surface area contributed by atoms with Crippen molar-refractivity contribution in [3.63, 3.8) is 0 Å². The number of sulfone groups is 1. The zero-order valence-corrected chi connectivity index (χ0v) is 15.0. The van der Waals surface area contributed by atoms with E-state index in [0.29, 0.717) is 6.61 Å². The molecule has 0 aliphatic heterocycles. The summed E-state index contributed by atoms with van der Waals surface area (Å²) >= 11 is 0. The summed E-state index contributed by atoms with van der Waals surface area (Å²) < 4.78 is 29.0. The predicted molar refractivity (Wildman–Crippen MR) is 96.9 cm³/mol. The fourth-order valence-corrected chi connectivity index (χ4v) is 3.52. The van der Waals surface area contributed by atoms with Gasteiger partial charge in [-0.05, 0) is 42.3 Å². The first-order valence-electron chi connectivity index (χ1n) is 7.77. The van der Waals surface area contributed by atoms with E-state index in [9.17, 15) is 13.2 Å². The molecule has 1 amide bonds. The van der Waals surface area contributed by atoms with Crippen molar-refractivity contribution in [3.8, 4) is 0 Å². The summed E-state index contributed by atoms with van der Waals surface area (Å²) in [5, 5.41) is 3.35. The van der Waals surface area contributed by atoms with Crippen LogP contribution < -0.4 is 11.1 Å². The molecule has 6 nitrogen and oxygen atoms in total. The summed E-state index contributed by atoms with van der Waals surface area (Å²) in [6.07, 6.45) is 0. The quantitative estimate of drug-likeness (QED) is 0.750. The molecule has 0 aliphatic rings. The Morgan fingerprint density at radius 1 is 1.12 bits per heavy atom. The number of rotatable bonds is 8. The number of carbonyl (C=O) groups excluding carboxylic acids is 1. The molecule has 0 radical (unpaired) electrons. The van der Waals surface area contributed by atoms with E-state index in [-0.39, 0.29) is 10.9 Å². The van der Waals surface area contributed by atoms with Crippen LogP contribution in [0.1, 0.15) is 24.1 Å². The molecule has 2 aromatic rings. The number of hydrogen-bond acceptors (Lipinski definition) is 5. The standard InChI is InChI=1S/C18H22N2O4S/c1-13(20-16-7-3-14(4-8-16)11-24-2)15-5-9-17(10-6-15)25(22,23)12-18(19)21/h3-10,13,20H,11-12H2,1-2H3,(H2,19,21). The number of primary amides is 1. The molecule has 0 fully saturated rings. The fourth-order valence-electron chi connectivity index (χ4n) is 2.43. The third-order valence-electron chi connectivity index (χ3n) is 3.72. The Hall–Kier alpha value is -2.38. The number of amides is 1. The molecule has 2 rings (SSSR count). The Morgan fingerprint density at radius 2 is 1.72 bits per heavy atom. The molecular weight excluding hydrogens is 340 g/mol. The lowest BCUT2D eigenvalue weighted by Gasteiger charge is -2.16. The van der Waals surface area contributed by atoms with Crippen LogP contribution >= 0.6 is 0 Å². The van der Waals surface area contributed by atoms with Gasteiger partial charge in [-0.3, -0.25) is 4.79 Å². The van der Waals surface area contributed by atoms with E-state index in [1.165, 1.54) is 12.1 Å². The first kappa shape index (κ1) is 19.0. The third-order valence-corrected chi connectivity index (χ3v) is 5.37. The predicted octanol–water partition coefficient (Wildman–Crippen LogP) is 2.27. The number of ether oxygens (including phenoxy) is 1. The maximum Gasteiger partial charge on any atom is 0.233 e. The zero-order valence-electron chi connectivity index (χ0n) is 14.2. The summed E-state index contributed by atoms with van der Waals surface area (Å²) in [5.74, 6) is -1.55. The molecule has 134 valence electrons. The van der Waals surface area contributed by atoms with E-state index in [0.717, 1.165) is 16.8 Å². The maximum atomic E-state index is 12.0. The average Bonchev–Trinajstić information content (AvgIpc) is 2.56. The number of nitrogens with one attached hydrogen (secondary N) is 1. The Kier molecular flexibility index (Phi) is 6.17. The van der Waals surface area contributed by atoms with Crippen molar-refractivity contribution in [1.29, 1.82) is 0 Å². The van der Waals surface area contributed by atoms with Gasteiger partial charge in [0, 0.05) is 18.8 Å². The summed E-state index contributed by atoms with van der Waals surface area (Å²) in [5.41, 5.74) is 7.95. The summed E-state index contributed by atoms with van der Waals surface area (Å²) in [7, 11) is -2.02. The largest absolute Gasteiger partial charge is 0.380 e. The Balaban J connectivity index is 2.07. The summed E-state index contributed by atoms with van der Waals surface area (Å²) in [6.45, 7) is 2.55. The van der Waals surface area contributed by atoms with Gasteiger partial charge in [0.1, 0.15) is 5.75 Å². The number of carbonyl (C=O) groups is 1. The van der Waals surface area contributed by atoms with Crippen molar-refractivity contribution in [3.05, 3.63) is 59.7 Å². The highest BCUT2D eigenvalue weighted by molar-refractivity contribution is 7.92. The first-order valence-corrected chi connectivity index (χ1v) is 9.42. The molecule has 0 bridgehead atoms. The van der Waals surface area contributed by atoms with Gasteiger partial charge in [0.2, 0.25) is 5.91 Å². The lowest BCUT2D eigenvalue weighted by atomic mass is 10.1. The normalized spacial score (nSPS) is 12.6. The molecule has 0 aliphatic carbocycles. The molecule has 7 heteroatoms. The second-order valence-electron chi connectivity index (χ2n) is 5.79. The van der Waals surface area contributed by atoms with E-state index in [2.05, 4.69) is 5.32 Å². The van der Waals surface area contributed by atoms with Crippen molar-refractivity contribution < 1.29 is 17.9 Å². The first-order chi connectivity index (χ1) is 11.8. The van der Waals surface area contributed by atoms with Crippen molar-refractivity contribution >= 4 is 21.4 Å². The summed E-state index contributed by atoms with van der Waals surface area (Å²) in [4.78, 5) is 10.9. The average molecular weight is 362 g/mol. The Bertz CT molecular complexity index is 815. The third kappa shape index (κ3) is 5.30. The molecule has 0 spiro atoms. The van der Waals surface area contributed by atoms with Crippen LogP contribution in [0.4, 0.5) is 5.69 Å². The van der Waals surface area contributed by atoms with E-state index >= 15 is 0 Å². The number of hydrogen-bond donors (Lipinski definition) is 2. The highest BCUT2D eigenvalue weighted by Crippen LogP contribution is 2.21. The SMILES string of the molecule is COCc1ccc(NC(C)c2ccc(S(=O)(=O)CC(N)=O)cc2)cc1. The second-order valence-corrected chi connectivity index (χ2v) is 7.78. The van der Waals surface area contributed by atoms with E-state index in [4.69, 9.17) is 10.5 Å². The van der Waals surface area contributed by atoms with Crippen molar-refractivity contribution in [2.75, 3.05) is 18.2 Å². The van der Waals surface area contributed by atoms with Crippen LogP contribution in [0, 0.1) is 0 Å². The van der Waals surface area contributed by atoms with Gasteiger partial charge in [0.15, 0.2) is 9.84 Å². The molecule has 0 saturated heterocycles. The van der Waals surface area contributed by atoms with E-state index in [1.54, 1.807) is 19.2 Å². The van der Waals surface area contributed by atoms with Crippen LogP contribution in [0.25, 0.3) is 0 Å². The Labute approximate surface area is 147 Å². The van der Waals surface area contributed by atoms with Crippen molar-refractivity contribution in [2.24, 2.45) is 5.73 Å². The molecule has 25 heavy (non-hydrogen) atoms. The van der Waals surface area contributed by atoms with Gasteiger partial charge >= 0.3 is 0 Å². The number of methoxy groups -OCH3 is 1. The molecule has 1 atom stereocenters. The highest BCUT2D eigenvalue weighted by atomic mass is 32.2. The lowest BCUT2D eigenvalue weighted by Crippen LogP contribution is -2.23. The van der Waals surface area contributed by atoms with Crippen molar-refractivity contribution in [2.45, 2.75) is 24.5 Å². The minimum absolute atomic E-state index is 0.0128. The van der Waals surface area contributed by atoms with Gasteiger partial charge in [0.25, 0.3) is 0 Å². The topological polar surface area (TPSA) is 98.5 Å². The summed E-state index contributed by atoms with van der Waals surface area (Å²) in [6, 6.07) is 14.3. The fraction of sp³-hybridized carbons (Fsp3) is 0.278. The maximum absolute atomic E-state index is 12.0. The number of nitrogens with two attached hydrogens (primary N) is 1. The molecule has 0 aromatic heterocycles. The van der Waals surface area contributed by atoms with Crippen LogP contribution in [0.5, 0.6) is 0 Å². The zero-order chi connectivity index (χ0) is 18.4. The molecular formula is C18H22N2O4S. The number of benzene rings is 2. The van der Waals surface area contributed by atoms with Crippen LogP contribution in [-0.4, -0.2) is 27.2 Å². The molecule has 3 N–H and O–H groups in total. The van der Waals surface area contributed by atoms with Crippen LogP contribution in [0.15, 0.2) is 53.4 Å². The van der Waals surface area contributed by atoms with Gasteiger partial charge in [-0.25, -0.2) is 8.42 Å². The van der Waals surface area contributed by atoms with Gasteiger partial charge < -0.3 is 15.8 Å². The van der Waals surface area contributed by atoms with Gasteiger partial charge in [0.05, 0.1) is 11.5 Å². The monoisotopic (exact) mass is 362 g/mol. The minimum atomic E-state index is -3.68. The molecule has 2 aromatic carbocycles. The van der Waals surface area contributed by atoms with Crippen LogP contribution in [-0.2, 0) is 26.0 Å². The molecule has 0 heterocycles. The number of anilines is 1.